The second kappa shape index (κ2) is 4.94. The molecule has 0 spiro atoms. The van der Waals surface area contributed by atoms with Crippen LogP contribution in [0.25, 0.3) is 10.9 Å². The van der Waals surface area contributed by atoms with Crippen molar-refractivity contribution in [1.82, 2.24) is 4.98 Å². The van der Waals surface area contributed by atoms with Crippen molar-refractivity contribution in [2.24, 2.45) is 5.73 Å². The number of hydrogen-bond acceptors (Lipinski definition) is 3. The molecule has 1 aliphatic rings. The third-order valence-corrected chi connectivity index (χ3v) is 4.23. The highest BCUT2D eigenvalue weighted by Crippen LogP contribution is 2.35. The lowest BCUT2D eigenvalue weighted by molar-refractivity contribution is 0.100. The van der Waals surface area contributed by atoms with Crippen molar-refractivity contribution in [2.75, 3.05) is 5.73 Å². The van der Waals surface area contributed by atoms with E-state index in [1.807, 2.05) is 0 Å². The first-order chi connectivity index (χ1) is 9.59. The Balaban J connectivity index is 2.40. The lowest BCUT2D eigenvalue weighted by Crippen LogP contribution is -2.14. The number of fused-ring (bicyclic) bond motifs is 2. The summed E-state index contributed by atoms with van der Waals surface area (Å²) in [4.78, 5) is 16.3. The van der Waals surface area contributed by atoms with Crippen LogP contribution in [0.15, 0.2) is 12.1 Å². The van der Waals surface area contributed by atoms with Crippen LogP contribution in [-0.4, -0.2) is 10.9 Å². The maximum atomic E-state index is 11.6. The smallest absolute Gasteiger partial charge is 0.249 e. The second-order valence-electron chi connectivity index (χ2n) is 5.19. The topological polar surface area (TPSA) is 82.0 Å². The van der Waals surface area contributed by atoms with Gasteiger partial charge in [0.1, 0.15) is 0 Å². The van der Waals surface area contributed by atoms with Crippen molar-refractivity contribution in [2.45, 2.75) is 32.1 Å². The van der Waals surface area contributed by atoms with Crippen LogP contribution in [0.4, 0.5) is 5.69 Å². The molecule has 0 bridgehead atoms. The number of pyridine rings is 1. The van der Waals surface area contributed by atoms with Crippen LogP contribution in [0.2, 0.25) is 5.02 Å². The minimum Gasteiger partial charge on any atom is -0.398 e. The molecular weight excluding hydrogens is 274 g/mol. The van der Waals surface area contributed by atoms with E-state index >= 15 is 0 Å². The van der Waals surface area contributed by atoms with Crippen molar-refractivity contribution < 1.29 is 4.79 Å². The number of benzene rings is 1. The summed E-state index contributed by atoms with van der Waals surface area (Å²) >= 11 is 6.22. The second-order valence-corrected chi connectivity index (χ2v) is 5.60. The van der Waals surface area contributed by atoms with Gasteiger partial charge in [0, 0.05) is 16.8 Å². The number of aromatic nitrogens is 1. The van der Waals surface area contributed by atoms with E-state index in [1.165, 1.54) is 6.42 Å². The summed E-state index contributed by atoms with van der Waals surface area (Å²) in [6.07, 6.45) is 5.18. The molecular formula is C15H16ClN3O. The fourth-order valence-corrected chi connectivity index (χ4v) is 3.12. The molecule has 5 heteroatoms. The molecule has 1 heterocycles. The molecule has 0 radical (unpaired) electrons. The molecule has 4 nitrogen and oxygen atoms in total. The molecule has 4 N–H and O–H groups in total. The minimum absolute atomic E-state index is 0.390. The molecule has 1 aliphatic carbocycles. The monoisotopic (exact) mass is 289 g/mol. The van der Waals surface area contributed by atoms with E-state index in [0.29, 0.717) is 27.2 Å². The number of primary amides is 1. The van der Waals surface area contributed by atoms with Gasteiger partial charge >= 0.3 is 0 Å². The van der Waals surface area contributed by atoms with Crippen molar-refractivity contribution in [1.29, 1.82) is 0 Å². The molecule has 104 valence electrons. The number of amides is 1. The van der Waals surface area contributed by atoms with Crippen LogP contribution in [-0.2, 0) is 12.8 Å². The lowest BCUT2D eigenvalue weighted by Gasteiger charge is -2.14. The predicted molar refractivity (Wildman–Crippen MR) is 80.9 cm³/mol. The van der Waals surface area contributed by atoms with E-state index in [0.717, 1.165) is 36.9 Å². The molecule has 2 aromatic rings. The van der Waals surface area contributed by atoms with Gasteiger partial charge in [-0.3, -0.25) is 9.78 Å². The van der Waals surface area contributed by atoms with Gasteiger partial charge in [0.25, 0.3) is 0 Å². The summed E-state index contributed by atoms with van der Waals surface area (Å²) in [5, 5.41) is 1.11. The van der Waals surface area contributed by atoms with Crippen molar-refractivity contribution in [3.8, 4) is 0 Å². The number of nitrogens with zero attached hydrogens (tertiary/aromatic N) is 1. The largest absolute Gasteiger partial charge is 0.398 e. The molecule has 0 saturated carbocycles. The minimum atomic E-state index is -0.506. The van der Waals surface area contributed by atoms with Crippen LogP contribution >= 0.6 is 11.6 Å². The number of halogens is 1. The molecule has 20 heavy (non-hydrogen) atoms. The zero-order chi connectivity index (χ0) is 14.3. The van der Waals surface area contributed by atoms with Crippen molar-refractivity contribution >= 4 is 34.1 Å². The molecule has 1 aromatic heterocycles. The number of aryl methyl sites for hydroxylation is 1. The summed E-state index contributed by atoms with van der Waals surface area (Å²) in [5.41, 5.74) is 15.4. The molecule has 3 rings (SSSR count). The van der Waals surface area contributed by atoms with Gasteiger partial charge in [0.05, 0.1) is 16.1 Å². The van der Waals surface area contributed by atoms with Crippen LogP contribution in [0.5, 0.6) is 0 Å². The van der Waals surface area contributed by atoms with Crippen molar-refractivity contribution in [3.63, 3.8) is 0 Å². The van der Waals surface area contributed by atoms with Gasteiger partial charge in [-0.15, -0.1) is 0 Å². The summed E-state index contributed by atoms with van der Waals surface area (Å²) in [6.45, 7) is 0. The highest BCUT2D eigenvalue weighted by atomic mass is 35.5. The van der Waals surface area contributed by atoms with E-state index in [2.05, 4.69) is 4.98 Å². The highest BCUT2D eigenvalue weighted by molar-refractivity contribution is 6.36. The molecule has 1 amide bonds. The maximum Gasteiger partial charge on any atom is 0.249 e. The van der Waals surface area contributed by atoms with Gasteiger partial charge in [-0.05, 0) is 43.4 Å². The fraction of sp³-hybridized carbons (Fsp3) is 0.333. The molecule has 0 fully saturated rings. The van der Waals surface area contributed by atoms with Gasteiger partial charge in [0.2, 0.25) is 5.91 Å². The predicted octanol–water partition coefficient (Wildman–Crippen LogP) is 2.84. The van der Waals surface area contributed by atoms with Crippen LogP contribution in [0.1, 0.15) is 40.9 Å². The summed E-state index contributed by atoms with van der Waals surface area (Å²) < 4.78 is 0. The number of rotatable bonds is 1. The van der Waals surface area contributed by atoms with E-state index in [9.17, 15) is 4.79 Å². The average molecular weight is 290 g/mol. The van der Waals surface area contributed by atoms with Gasteiger partial charge < -0.3 is 11.5 Å². The zero-order valence-electron chi connectivity index (χ0n) is 11.1. The standard InChI is InChI=1S/C15H16ClN3O/c16-10-7-6-9(15(18)20)12-13(17)8-4-2-1-3-5-11(8)19-14(10)12/h6-7H,1-5H2,(H2,17,19)(H2,18,20). The SMILES string of the molecule is NC(=O)c1ccc(Cl)c2nc3c(c(N)c12)CCCCC3. The number of hydrogen-bond donors (Lipinski definition) is 2. The summed E-state index contributed by atoms with van der Waals surface area (Å²) in [5.74, 6) is -0.506. The number of carbonyl (C=O) groups excluding carboxylic acids is 1. The zero-order valence-corrected chi connectivity index (χ0v) is 11.8. The first-order valence-electron chi connectivity index (χ1n) is 6.79. The van der Waals surface area contributed by atoms with E-state index in [4.69, 9.17) is 23.1 Å². The number of nitrogen functional groups attached to an aromatic ring is 1. The third kappa shape index (κ3) is 2.00. The number of carbonyl (C=O) groups is 1. The number of nitrogens with two attached hydrogens (primary N) is 2. The average Bonchev–Trinajstić information content (AvgIpc) is 2.65. The maximum absolute atomic E-state index is 11.6. The Hall–Kier alpha value is -1.81. The van der Waals surface area contributed by atoms with Crippen molar-refractivity contribution in [3.05, 3.63) is 34.0 Å². The first kappa shape index (κ1) is 13.2. The van der Waals surface area contributed by atoms with Gasteiger partial charge in [-0.25, -0.2) is 0 Å². The highest BCUT2D eigenvalue weighted by Gasteiger charge is 2.20. The first-order valence-corrected chi connectivity index (χ1v) is 7.16. The Morgan fingerprint density at radius 3 is 2.70 bits per heavy atom. The van der Waals surface area contributed by atoms with Crippen LogP contribution in [0, 0.1) is 0 Å². The number of anilines is 1. The van der Waals surface area contributed by atoms with Gasteiger partial charge in [-0.1, -0.05) is 18.0 Å². The normalized spacial score (nSPS) is 14.8. The molecule has 0 aliphatic heterocycles. The summed E-state index contributed by atoms with van der Waals surface area (Å²) in [7, 11) is 0. The summed E-state index contributed by atoms with van der Waals surface area (Å²) in [6, 6.07) is 3.27. The van der Waals surface area contributed by atoms with Crippen LogP contribution < -0.4 is 11.5 Å². The van der Waals surface area contributed by atoms with E-state index < -0.39 is 5.91 Å². The van der Waals surface area contributed by atoms with E-state index in [1.54, 1.807) is 12.1 Å². The van der Waals surface area contributed by atoms with Gasteiger partial charge in [0.15, 0.2) is 0 Å². The van der Waals surface area contributed by atoms with Gasteiger partial charge in [-0.2, -0.15) is 0 Å². The fourth-order valence-electron chi connectivity index (χ4n) is 2.92. The molecule has 0 saturated heterocycles. The van der Waals surface area contributed by atoms with E-state index in [-0.39, 0.29) is 0 Å². The Morgan fingerprint density at radius 2 is 1.95 bits per heavy atom. The Morgan fingerprint density at radius 1 is 1.20 bits per heavy atom. The lowest BCUT2D eigenvalue weighted by atomic mass is 9.99. The Labute approximate surface area is 122 Å². The third-order valence-electron chi connectivity index (χ3n) is 3.92. The quantitative estimate of drug-likeness (QED) is 0.792. The Kier molecular flexibility index (Phi) is 3.26. The molecule has 0 atom stereocenters. The Bertz CT molecular complexity index is 712. The molecule has 1 aromatic carbocycles. The molecule has 0 unspecified atom stereocenters. The van der Waals surface area contributed by atoms with Crippen LogP contribution in [0.3, 0.4) is 0 Å².